The van der Waals surface area contributed by atoms with Crippen molar-refractivity contribution in [3.05, 3.63) is 70.7 Å². The second-order valence-electron chi connectivity index (χ2n) is 6.35. The predicted molar refractivity (Wildman–Crippen MR) is 98.4 cm³/mol. The first-order valence-electron chi connectivity index (χ1n) is 8.51. The second-order valence-corrected chi connectivity index (χ2v) is 6.70. The first kappa shape index (κ1) is 16.6. The fourth-order valence-electron chi connectivity index (χ4n) is 3.53. The van der Waals surface area contributed by atoms with E-state index in [4.69, 9.17) is 11.6 Å². The first-order chi connectivity index (χ1) is 13.7. The van der Waals surface area contributed by atoms with Crippen LogP contribution in [0.5, 0.6) is 0 Å². The number of rotatable bonds is 2. The Hall–Kier alpha value is -3.51. The Balaban J connectivity index is 1.68. The molecule has 10 heteroatoms. The Morgan fingerprint density at radius 2 is 2.25 bits per heavy atom. The highest BCUT2D eigenvalue weighted by Gasteiger charge is 2.34. The summed E-state index contributed by atoms with van der Waals surface area (Å²) in [5.74, 6) is 0.126. The molecule has 0 saturated heterocycles. The third kappa shape index (κ3) is 2.50. The zero-order valence-corrected chi connectivity index (χ0v) is 15.1. The summed E-state index contributed by atoms with van der Waals surface area (Å²) in [6.45, 7) is 0.595. The molecule has 0 unspecified atom stereocenters. The van der Waals surface area contributed by atoms with Crippen molar-refractivity contribution in [2.24, 2.45) is 0 Å². The summed E-state index contributed by atoms with van der Waals surface area (Å²) in [5, 5.41) is 13.8. The fourth-order valence-corrected chi connectivity index (χ4v) is 3.66. The minimum Gasteiger partial charge on any atom is -0.348 e. The van der Waals surface area contributed by atoms with E-state index in [0.717, 1.165) is 11.4 Å². The van der Waals surface area contributed by atoms with Gasteiger partial charge in [-0.3, -0.25) is 0 Å². The van der Waals surface area contributed by atoms with Gasteiger partial charge >= 0.3 is 0 Å². The lowest BCUT2D eigenvalue weighted by molar-refractivity contribution is 0.608. The van der Waals surface area contributed by atoms with Gasteiger partial charge in [0.2, 0.25) is 0 Å². The molecule has 8 nitrogen and oxygen atoms in total. The molecule has 4 aromatic heterocycles. The van der Waals surface area contributed by atoms with Crippen molar-refractivity contribution in [2.75, 3.05) is 11.4 Å². The van der Waals surface area contributed by atoms with Gasteiger partial charge in [0, 0.05) is 24.9 Å². The van der Waals surface area contributed by atoms with Gasteiger partial charge in [-0.1, -0.05) is 11.6 Å². The van der Waals surface area contributed by atoms with Crippen LogP contribution in [0.25, 0.3) is 5.52 Å². The number of fused-ring (bicyclic) bond motifs is 2. The summed E-state index contributed by atoms with van der Waals surface area (Å²) >= 11 is 5.93. The van der Waals surface area contributed by atoms with Crippen LogP contribution in [0.1, 0.15) is 28.8 Å². The third-order valence-electron chi connectivity index (χ3n) is 4.79. The number of imidazole rings is 1. The first-order valence-corrected chi connectivity index (χ1v) is 8.88. The topological polar surface area (TPSA) is 98.8 Å². The molecular weight excluding hydrogens is 383 g/mol. The predicted octanol–water partition coefficient (Wildman–Crippen LogP) is 2.66. The maximum Gasteiger partial charge on any atom is 0.180 e. The molecule has 138 valence electrons. The molecule has 0 amide bonds. The number of anilines is 1. The molecule has 5 heterocycles. The lowest BCUT2D eigenvalue weighted by Gasteiger charge is -2.34. The number of aromatic amines is 1. The SMILES string of the molecule is N#Cc1nc(N2CCc3[nH]cnc3[C@@H]2c2cc3c(F)cccn3n2)cnc1Cl. The molecule has 0 saturated carbocycles. The summed E-state index contributed by atoms with van der Waals surface area (Å²) in [5.41, 5.74) is 2.81. The van der Waals surface area contributed by atoms with Crippen molar-refractivity contribution in [3.8, 4) is 6.07 Å². The smallest absolute Gasteiger partial charge is 0.180 e. The largest absolute Gasteiger partial charge is 0.348 e. The Morgan fingerprint density at radius 1 is 1.36 bits per heavy atom. The molecule has 5 rings (SSSR count). The standard InChI is InChI=1S/C18H12ClFN8/c19-18-13(7-21)25-15(8-22-18)27-5-3-11-16(24-9-23-11)17(27)12-6-14-10(20)2-1-4-28(14)26-12/h1-2,4,6,8-9,17H,3,5H2,(H,23,24)/t17-/m0/s1. The van der Waals surface area contributed by atoms with Gasteiger partial charge in [-0.25, -0.2) is 23.9 Å². The van der Waals surface area contributed by atoms with Crippen LogP contribution in [0, 0.1) is 17.1 Å². The van der Waals surface area contributed by atoms with Crippen molar-refractivity contribution in [1.82, 2.24) is 29.5 Å². The lowest BCUT2D eigenvalue weighted by Crippen LogP contribution is -2.37. The van der Waals surface area contributed by atoms with Crippen molar-refractivity contribution in [3.63, 3.8) is 0 Å². The number of nitrogens with one attached hydrogen (secondary N) is 1. The second kappa shape index (κ2) is 6.28. The van der Waals surface area contributed by atoms with E-state index in [2.05, 4.69) is 25.0 Å². The van der Waals surface area contributed by atoms with Crippen LogP contribution >= 0.6 is 11.6 Å². The van der Waals surface area contributed by atoms with Gasteiger partial charge in [0.1, 0.15) is 29.3 Å². The van der Waals surface area contributed by atoms with Gasteiger partial charge in [-0.2, -0.15) is 10.4 Å². The van der Waals surface area contributed by atoms with Gasteiger partial charge in [0.15, 0.2) is 10.8 Å². The van der Waals surface area contributed by atoms with E-state index in [9.17, 15) is 9.65 Å². The molecule has 0 aromatic carbocycles. The molecule has 1 aliphatic rings. The van der Waals surface area contributed by atoms with Crippen molar-refractivity contribution in [1.29, 1.82) is 5.26 Å². The number of aromatic nitrogens is 6. The van der Waals surface area contributed by atoms with E-state index >= 15 is 0 Å². The summed E-state index contributed by atoms with van der Waals surface area (Å²) < 4.78 is 15.7. The average Bonchev–Trinajstić information content (AvgIpc) is 3.35. The van der Waals surface area contributed by atoms with Gasteiger partial charge in [-0.15, -0.1) is 0 Å². The maximum atomic E-state index is 14.2. The van der Waals surface area contributed by atoms with Crippen molar-refractivity contribution < 1.29 is 4.39 Å². The van der Waals surface area contributed by atoms with Gasteiger partial charge < -0.3 is 9.88 Å². The van der Waals surface area contributed by atoms with Crippen LogP contribution in [-0.2, 0) is 6.42 Å². The molecular formula is C18H12ClFN8. The Labute approximate surface area is 163 Å². The summed E-state index contributed by atoms with van der Waals surface area (Å²) in [7, 11) is 0. The van der Waals surface area contributed by atoms with Crippen molar-refractivity contribution >= 4 is 22.9 Å². The van der Waals surface area contributed by atoms with Gasteiger partial charge in [-0.05, 0) is 18.2 Å². The van der Waals surface area contributed by atoms with Crippen LogP contribution in [0.2, 0.25) is 5.15 Å². The molecule has 0 aliphatic carbocycles. The summed E-state index contributed by atoms with van der Waals surface area (Å²) in [6.07, 6.45) is 5.55. The lowest BCUT2D eigenvalue weighted by atomic mass is 10.00. The van der Waals surface area contributed by atoms with E-state index in [1.807, 2.05) is 11.0 Å². The van der Waals surface area contributed by atoms with E-state index in [1.54, 1.807) is 24.7 Å². The number of halogens is 2. The van der Waals surface area contributed by atoms with Gasteiger partial charge in [0.25, 0.3) is 0 Å². The third-order valence-corrected chi connectivity index (χ3v) is 5.07. The maximum absolute atomic E-state index is 14.2. The van der Waals surface area contributed by atoms with Crippen molar-refractivity contribution in [2.45, 2.75) is 12.5 Å². The highest BCUT2D eigenvalue weighted by Crippen LogP contribution is 2.36. The van der Waals surface area contributed by atoms with Crippen LogP contribution in [-0.4, -0.2) is 36.1 Å². The molecule has 0 bridgehead atoms. The quantitative estimate of drug-likeness (QED) is 0.561. The van der Waals surface area contributed by atoms with E-state index in [-0.39, 0.29) is 16.7 Å². The Bertz CT molecular complexity index is 1240. The monoisotopic (exact) mass is 394 g/mol. The average molecular weight is 395 g/mol. The van der Waals surface area contributed by atoms with E-state index < -0.39 is 6.04 Å². The minimum atomic E-state index is -0.406. The van der Waals surface area contributed by atoms with Crippen LogP contribution in [0.3, 0.4) is 0 Å². The highest BCUT2D eigenvalue weighted by atomic mass is 35.5. The number of hydrogen-bond acceptors (Lipinski definition) is 6. The molecule has 1 atom stereocenters. The van der Waals surface area contributed by atoms with Crippen LogP contribution in [0.4, 0.5) is 10.2 Å². The van der Waals surface area contributed by atoms with Crippen LogP contribution < -0.4 is 4.90 Å². The van der Waals surface area contributed by atoms with Gasteiger partial charge in [0.05, 0.1) is 23.9 Å². The van der Waals surface area contributed by atoms with Crippen LogP contribution in [0.15, 0.2) is 36.9 Å². The summed E-state index contributed by atoms with van der Waals surface area (Å²) in [6, 6.07) is 6.23. The molecule has 1 aliphatic heterocycles. The minimum absolute atomic E-state index is 0.0480. The molecule has 4 aromatic rings. The zero-order valence-electron chi connectivity index (χ0n) is 14.3. The fraction of sp³-hybridized carbons (Fsp3) is 0.167. The van der Waals surface area contributed by atoms with E-state index in [0.29, 0.717) is 30.0 Å². The molecule has 0 fully saturated rings. The Morgan fingerprint density at radius 3 is 3.07 bits per heavy atom. The molecule has 1 N–H and O–H groups in total. The molecule has 28 heavy (non-hydrogen) atoms. The number of nitrogens with zero attached hydrogens (tertiary/aromatic N) is 7. The number of nitriles is 1. The van der Waals surface area contributed by atoms with E-state index in [1.165, 1.54) is 16.8 Å². The Kier molecular flexibility index (Phi) is 3.74. The normalized spacial score (nSPS) is 16.2. The summed E-state index contributed by atoms with van der Waals surface area (Å²) in [4.78, 5) is 18.0. The highest BCUT2D eigenvalue weighted by molar-refractivity contribution is 6.30. The zero-order chi connectivity index (χ0) is 19.3. The molecule has 0 spiro atoms. The number of pyridine rings is 1. The number of H-pyrrole nitrogens is 1. The molecule has 0 radical (unpaired) electrons. The number of hydrogen-bond donors (Lipinski definition) is 1.